The monoisotopic (exact) mass is 168 g/mol. The van der Waals surface area contributed by atoms with Crippen LogP contribution >= 0.6 is 0 Å². The minimum atomic E-state index is -1.14. The number of nitrogens with zero attached hydrogens (tertiary/aromatic N) is 2. The van der Waals surface area contributed by atoms with Crippen LogP contribution in [0.1, 0.15) is 27.8 Å². The lowest BCUT2D eigenvalue weighted by atomic mass is 10.2. The van der Waals surface area contributed by atoms with E-state index in [1.165, 1.54) is 24.9 Å². The van der Waals surface area contributed by atoms with Crippen LogP contribution in [0.15, 0.2) is 6.20 Å². The van der Waals surface area contributed by atoms with Gasteiger partial charge in [0, 0.05) is 7.05 Å². The fourth-order valence-corrected chi connectivity index (χ4v) is 0.949. The topological polar surface area (TPSA) is 72.2 Å². The molecule has 0 saturated heterocycles. The lowest BCUT2D eigenvalue weighted by Crippen LogP contribution is -2.09. The van der Waals surface area contributed by atoms with Crippen LogP contribution in [-0.4, -0.2) is 26.6 Å². The van der Waals surface area contributed by atoms with Crippen LogP contribution in [0.3, 0.4) is 0 Å². The van der Waals surface area contributed by atoms with Gasteiger partial charge in [-0.05, 0) is 6.92 Å². The van der Waals surface area contributed by atoms with E-state index in [-0.39, 0.29) is 17.0 Å². The number of rotatable bonds is 2. The van der Waals surface area contributed by atoms with Crippen molar-refractivity contribution in [1.29, 1.82) is 0 Å². The van der Waals surface area contributed by atoms with Crippen molar-refractivity contribution in [2.45, 2.75) is 6.92 Å². The van der Waals surface area contributed by atoms with E-state index in [0.717, 1.165) is 0 Å². The Morgan fingerprint density at radius 2 is 2.17 bits per heavy atom. The van der Waals surface area contributed by atoms with Gasteiger partial charge in [-0.2, -0.15) is 5.10 Å². The van der Waals surface area contributed by atoms with Gasteiger partial charge in [-0.1, -0.05) is 0 Å². The van der Waals surface area contributed by atoms with E-state index in [0.29, 0.717) is 0 Å². The smallest absolute Gasteiger partial charge is 0.354 e. The third kappa shape index (κ3) is 1.20. The van der Waals surface area contributed by atoms with Crippen molar-refractivity contribution in [3.05, 3.63) is 17.5 Å². The summed E-state index contributed by atoms with van der Waals surface area (Å²) in [6.07, 6.45) is 1.26. The first-order valence-electron chi connectivity index (χ1n) is 3.30. The molecule has 0 aliphatic rings. The molecule has 0 radical (unpaired) electrons. The molecule has 0 aliphatic heterocycles. The van der Waals surface area contributed by atoms with Crippen molar-refractivity contribution >= 4 is 11.8 Å². The standard InChI is InChI=1S/C7H8N2O3/c1-4(10)5-3-8-9(2)6(5)7(11)12/h3H,1-2H3,(H,11,12). The highest BCUT2D eigenvalue weighted by Crippen LogP contribution is 2.07. The zero-order valence-electron chi connectivity index (χ0n) is 6.74. The lowest BCUT2D eigenvalue weighted by molar-refractivity contribution is 0.0680. The summed E-state index contributed by atoms with van der Waals surface area (Å²) in [6.45, 7) is 1.31. The SMILES string of the molecule is CC(=O)c1cnn(C)c1C(=O)O. The highest BCUT2D eigenvalue weighted by molar-refractivity contribution is 6.03. The highest BCUT2D eigenvalue weighted by atomic mass is 16.4. The molecule has 5 heteroatoms. The normalized spacial score (nSPS) is 9.83. The highest BCUT2D eigenvalue weighted by Gasteiger charge is 2.18. The molecule has 0 spiro atoms. The second kappa shape index (κ2) is 2.77. The summed E-state index contributed by atoms with van der Waals surface area (Å²) in [5.74, 6) is -1.43. The van der Waals surface area contributed by atoms with E-state index in [1.54, 1.807) is 0 Å². The molecule has 0 amide bonds. The van der Waals surface area contributed by atoms with Crippen LogP contribution < -0.4 is 0 Å². The maximum atomic E-state index is 10.9. The Balaban J connectivity index is 3.31. The summed E-state index contributed by atoms with van der Waals surface area (Å²) in [5, 5.41) is 12.3. The molecule has 0 aromatic carbocycles. The van der Waals surface area contributed by atoms with Gasteiger partial charge < -0.3 is 5.11 Å². The molecule has 0 fully saturated rings. The third-order valence-corrected chi connectivity index (χ3v) is 1.52. The molecule has 1 aromatic rings. The lowest BCUT2D eigenvalue weighted by Gasteiger charge is -1.96. The molecule has 1 aromatic heterocycles. The molecule has 0 atom stereocenters. The second-order valence-corrected chi connectivity index (χ2v) is 2.39. The number of carbonyl (C=O) groups is 2. The van der Waals surface area contributed by atoms with Crippen molar-refractivity contribution in [2.24, 2.45) is 7.05 Å². The third-order valence-electron chi connectivity index (χ3n) is 1.52. The van der Waals surface area contributed by atoms with Crippen molar-refractivity contribution in [2.75, 3.05) is 0 Å². The Hall–Kier alpha value is -1.65. The summed E-state index contributed by atoms with van der Waals surface area (Å²) in [7, 11) is 1.48. The Morgan fingerprint density at radius 3 is 2.50 bits per heavy atom. The number of hydrogen-bond acceptors (Lipinski definition) is 3. The number of ketones is 1. The molecule has 0 unspecified atom stereocenters. The molecule has 64 valence electrons. The zero-order chi connectivity index (χ0) is 9.30. The Labute approximate surface area is 68.6 Å². The van der Waals surface area contributed by atoms with E-state index in [4.69, 9.17) is 5.11 Å². The molecule has 1 heterocycles. The minimum Gasteiger partial charge on any atom is -0.477 e. The van der Waals surface area contributed by atoms with Crippen LogP contribution in [0.4, 0.5) is 0 Å². The van der Waals surface area contributed by atoms with Crippen LogP contribution in [0.25, 0.3) is 0 Å². The molecule has 5 nitrogen and oxygen atoms in total. The Kier molecular flexibility index (Phi) is 1.95. The number of aromatic nitrogens is 2. The fraction of sp³-hybridized carbons (Fsp3) is 0.286. The van der Waals surface area contributed by atoms with Gasteiger partial charge in [-0.25, -0.2) is 4.79 Å². The van der Waals surface area contributed by atoms with Gasteiger partial charge in [0.15, 0.2) is 11.5 Å². The van der Waals surface area contributed by atoms with Crippen LogP contribution in [0.5, 0.6) is 0 Å². The summed E-state index contributed by atoms with van der Waals surface area (Å²) < 4.78 is 1.17. The average molecular weight is 168 g/mol. The number of carbonyl (C=O) groups excluding carboxylic acids is 1. The molecule has 0 bridgehead atoms. The Bertz CT molecular complexity index is 340. The van der Waals surface area contributed by atoms with Gasteiger partial charge in [-0.15, -0.1) is 0 Å². The zero-order valence-corrected chi connectivity index (χ0v) is 6.74. The van der Waals surface area contributed by atoms with E-state index in [1.807, 2.05) is 0 Å². The van der Waals surface area contributed by atoms with Gasteiger partial charge in [0.1, 0.15) is 0 Å². The summed E-state index contributed by atoms with van der Waals surface area (Å²) in [6, 6.07) is 0. The van der Waals surface area contributed by atoms with Gasteiger partial charge in [0.2, 0.25) is 0 Å². The molecular formula is C7H8N2O3. The molecule has 1 rings (SSSR count). The molecule has 1 N–H and O–H groups in total. The number of hydrogen-bond donors (Lipinski definition) is 1. The maximum absolute atomic E-state index is 10.9. The van der Waals surface area contributed by atoms with Crippen LogP contribution in [-0.2, 0) is 7.05 Å². The number of aryl methyl sites for hydroxylation is 1. The van der Waals surface area contributed by atoms with Gasteiger partial charge in [0.05, 0.1) is 11.8 Å². The first-order valence-corrected chi connectivity index (χ1v) is 3.30. The predicted octanol–water partition coefficient (Wildman–Crippen LogP) is 0.321. The van der Waals surface area contributed by atoms with E-state index in [2.05, 4.69) is 5.10 Å². The summed E-state index contributed by atoms with van der Waals surface area (Å²) in [5.41, 5.74) is 0.0764. The first kappa shape index (κ1) is 8.45. The van der Waals surface area contributed by atoms with Gasteiger partial charge in [-0.3, -0.25) is 9.48 Å². The molecular weight excluding hydrogens is 160 g/mol. The van der Waals surface area contributed by atoms with Crippen molar-refractivity contribution in [3.63, 3.8) is 0 Å². The predicted molar refractivity (Wildman–Crippen MR) is 40.2 cm³/mol. The van der Waals surface area contributed by atoms with Gasteiger partial charge in [0.25, 0.3) is 0 Å². The Morgan fingerprint density at radius 1 is 1.58 bits per heavy atom. The molecule has 0 saturated carbocycles. The van der Waals surface area contributed by atoms with Crippen LogP contribution in [0, 0.1) is 0 Å². The van der Waals surface area contributed by atoms with E-state index >= 15 is 0 Å². The van der Waals surface area contributed by atoms with E-state index in [9.17, 15) is 9.59 Å². The van der Waals surface area contributed by atoms with Crippen molar-refractivity contribution in [1.82, 2.24) is 9.78 Å². The maximum Gasteiger partial charge on any atom is 0.354 e. The number of aromatic carboxylic acids is 1. The van der Waals surface area contributed by atoms with Gasteiger partial charge >= 0.3 is 5.97 Å². The quantitative estimate of drug-likeness (QED) is 0.645. The van der Waals surface area contributed by atoms with Crippen molar-refractivity contribution < 1.29 is 14.7 Å². The number of Topliss-reactive ketones (excluding diaryl/α,β-unsaturated/α-hetero) is 1. The molecule has 12 heavy (non-hydrogen) atoms. The molecule has 0 aliphatic carbocycles. The largest absolute Gasteiger partial charge is 0.477 e. The fourth-order valence-electron chi connectivity index (χ4n) is 0.949. The van der Waals surface area contributed by atoms with Crippen molar-refractivity contribution in [3.8, 4) is 0 Å². The second-order valence-electron chi connectivity index (χ2n) is 2.39. The van der Waals surface area contributed by atoms with Crippen LogP contribution in [0.2, 0.25) is 0 Å². The first-order chi connectivity index (χ1) is 5.54. The summed E-state index contributed by atoms with van der Waals surface area (Å²) >= 11 is 0. The average Bonchev–Trinajstić information content (AvgIpc) is 2.30. The number of carboxylic acid groups (broad SMARTS) is 1. The summed E-state index contributed by atoms with van der Waals surface area (Å²) in [4.78, 5) is 21.5. The minimum absolute atomic E-state index is 0.0671. The van der Waals surface area contributed by atoms with E-state index < -0.39 is 5.97 Å². The number of carboxylic acids is 1.